The first-order valence-corrected chi connectivity index (χ1v) is 7.51. The van der Waals surface area contributed by atoms with E-state index >= 15 is 0 Å². The van der Waals surface area contributed by atoms with Crippen LogP contribution >= 0.6 is 11.8 Å². The van der Waals surface area contributed by atoms with E-state index in [1.807, 2.05) is 6.07 Å². The molecular formula is C15H17N3S. The van der Waals surface area contributed by atoms with Crippen LogP contribution in [0.25, 0.3) is 0 Å². The summed E-state index contributed by atoms with van der Waals surface area (Å²) in [6.07, 6.45) is 4.69. The lowest BCUT2D eigenvalue weighted by Gasteiger charge is -2.20. The number of nitrogens with one attached hydrogen (secondary N) is 1. The average molecular weight is 271 g/mol. The highest BCUT2D eigenvalue weighted by Crippen LogP contribution is 2.40. The van der Waals surface area contributed by atoms with Crippen LogP contribution in [0.3, 0.4) is 0 Å². The molecule has 1 aromatic carbocycles. The number of rotatable bonds is 4. The molecule has 4 heteroatoms. The monoisotopic (exact) mass is 271 g/mol. The number of aromatic nitrogens is 2. The van der Waals surface area contributed by atoms with Gasteiger partial charge in [0.1, 0.15) is 0 Å². The molecule has 3 rings (SSSR count). The van der Waals surface area contributed by atoms with Gasteiger partial charge < -0.3 is 5.32 Å². The summed E-state index contributed by atoms with van der Waals surface area (Å²) in [6, 6.07) is 11.0. The Hall–Kier alpha value is -1.39. The average Bonchev–Trinajstić information content (AvgIpc) is 2.79. The smallest absolute Gasteiger partial charge is 0.187 e. The summed E-state index contributed by atoms with van der Waals surface area (Å²) in [6.45, 7) is 3.13. The van der Waals surface area contributed by atoms with Crippen molar-refractivity contribution >= 4 is 11.8 Å². The Morgan fingerprint density at radius 1 is 1.21 bits per heavy atom. The maximum atomic E-state index is 4.32. The van der Waals surface area contributed by atoms with Crippen molar-refractivity contribution in [2.24, 2.45) is 0 Å². The maximum Gasteiger partial charge on any atom is 0.187 e. The number of hydrogen-bond acceptors (Lipinski definition) is 4. The fourth-order valence-electron chi connectivity index (χ4n) is 2.61. The minimum atomic E-state index is 0.398. The third-order valence-corrected chi connectivity index (χ3v) is 4.57. The predicted molar refractivity (Wildman–Crippen MR) is 78.2 cm³/mol. The van der Waals surface area contributed by atoms with Gasteiger partial charge in [0.25, 0.3) is 0 Å². The van der Waals surface area contributed by atoms with E-state index in [2.05, 4.69) is 46.5 Å². The van der Waals surface area contributed by atoms with Gasteiger partial charge in [-0.2, -0.15) is 0 Å². The van der Waals surface area contributed by atoms with E-state index in [1.54, 1.807) is 24.2 Å². The van der Waals surface area contributed by atoms with Crippen molar-refractivity contribution in [1.82, 2.24) is 15.3 Å². The lowest BCUT2D eigenvalue weighted by Crippen LogP contribution is -2.26. The third-order valence-electron chi connectivity index (χ3n) is 3.41. The molecule has 1 N–H and O–H groups in total. The second kappa shape index (κ2) is 5.72. The van der Waals surface area contributed by atoms with E-state index in [4.69, 9.17) is 0 Å². The highest BCUT2D eigenvalue weighted by Gasteiger charge is 2.32. The van der Waals surface area contributed by atoms with Gasteiger partial charge in [0.2, 0.25) is 0 Å². The van der Waals surface area contributed by atoms with Gasteiger partial charge in [0.15, 0.2) is 5.16 Å². The summed E-state index contributed by atoms with van der Waals surface area (Å²) in [4.78, 5) is 8.65. The van der Waals surface area contributed by atoms with Crippen LogP contribution in [-0.4, -0.2) is 21.8 Å². The Labute approximate surface area is 117 Å². The fourth-order valence-corrected chi connectivity index (χ4v) is 3.77. The lowest BCUT2D eigenvalue weighted by atomic mass is 10.1. The Kier molecular flexibility index (Phi) is 3.80. The number of hydrogen-bond donors (Lipinski definition) is 1. The topological polar surface area (TPSA) is 37.8 Å². The largest absolute Gasteiger partial charge is 0.309 e. The summed E-state index contributed by atoms with van der Waals surface area (Å²) in [5.74, 6) is 0. The third kappa shape index (κ3) is 2.65. The van der Waals surface area contributed by atoms with Crippen molar-refractivity contribution in [3.63, 3.8) is 0 Å². The molecule has 0 saturated heterocycles. The molecule has 2 unspecified atom stereocenters. The van der Waals surface area contributed by atoms with Crippen LogP contribution in [0, 0.1) is 0 Å². The van der Waals surface area contributed by atoms with Crippen LogP contribution in [0.4, 0.5) is 0 Å². The molecule has 2 atom stereocenters. The molecule has 3 nitrogen and oxygen atoms in total. The number of nitrogens with zero attached hydrogens (tertiary/aromatic N) is 2. The Bertz CT molecular complexity index is 544. The van der Waals surface area contributed by atoms with Crippen molar-refractivity contribution in [3.05, 3.63) is 53.9 Å². The van der Waals surface area contributed by atoms with Crippen LogP contribution in [0.2, 0.25) is 0 Å². The highest BCUT2D eigenvalue weighted by atomic mass is 32.2. The molecule has 98 valence electrons. The normalized spacial score (nSPS) is 21.3. The first kappa shape index (κ1) is 12.6. The summed E-state index contributed by atoms with van der Waals surface area (Å²) >= 11 is 1.77. The van der Waals surface area contributed by atoms with Gasteiger partial charge >= 0.3 is 0 Å². The lowest BCUT2D eigenvalue weighted by molar-refractivity contribution is 0.559. The molecule has 0 radical (unpaired) electrons. The summed E-state index contributed by atoms with van der Waals surface area (Å²) in [7, 11) is 0. The van der Waals surface area contributed by atoms with Crippen molar-refractivity contribution in [2.75, 3.05) is 6.54 Å². The Morgan fingerprint density at radius 3 is 2.79 bits per heavy atom. The van der Waals surface area contributed by atoms with Crippen LogP contribution < -0.4 is 5.32 Å². The first-order valence-electron chi connectivity index (χ1n) is 6.63. The van der Waals surface area contributed by atoms with E-state index in [9.17, 15) is 0 Å². The van der Waals surface area contributed by atoms with Crippen LogP contribution in [0.1, 0.15) is 24.1 Å². The standard InChI is InChI=1S/C15H17N3S/c1-2-16-14-12-7-4-3-6-11(12)10-13(14)19-15-17-8-5-9-18-15/h3-9,13-14,16H,2,10H2,1H3. The van der Waals surface area contributed by atoms with Gasteiger partial charge in [-0.05, 0) is 30.2 Å². The molecule has 0 saturated carbocycles. The zero-order valence-electron chi connectivity index (χ0n) is 10.9. The second-order valence-corrected chi connectivity index (χ2v) is 5.83. The predicted octanol–water partition coefficient (Wildman–Crippen LogP) is 2.84. The second-order valence-electron chi connectivity index (χ2n) is 4.63. The molecule has 1 aliphatic carbocycles. The quantitative estimate of drug-likeness (QED) is 0.868. The van der Waals surface area contributed by atoms with E-state index in [-0.39, 0.29) is 0 Å². The molecule has 0 spiro atoms. The summed E-state index contributed by atoms with van der Waals surface area (Å²) in [5.41, 5.74) is 2.87. The van der Waals surface area contributed by atoms with Crippen molar-refractivity contribution in [2.45, 2.75) is 29.8 Å². The Balaban J connectivity index is 1.83. The van der Waals surface area contributed by atoms with Crippen molar-refractivity contribution < 1.29 is 0 Å². The molecular weight excluding hydrogens is 254 g/mol. The summed E-state index contributed by atoms with van der Waals surface area (Å²) < 4.78 is 0. The van der Waals surface area contributed by atoms with Gasteiger partial charge in [0, 0.05) is 23.7 Å². The number of benzene rings is 1. The maximum absolute atomic E-state index is 4.32. The molecule has 0 amide bonds. The number of fused-ring (bicyclic) bond motifs is 1. The van der Waals surface area contributed by atoms with Crippen LogP contribution in [0.5, 0.6) is 0 Å². The Morgan fingerprint density at radius 2 is 2.00 bits per heavy atom. The zero-order valence-corrected chi connectivity index (χ0v) is 11.7. The van der Waals surface area contributed by atoms with Gasteiger partial charge in [0.05, 0.1) is 0 Å². The van der Waals surface area contributed by atoms with Gasteiger partial charge in [-0.15, -0.1) is 0 Å². The molecule has 2 aromatic rings. The van der Waals surface area contributed by atoms with E-state index in [1.165, 1.54) is 11.1 Å². The molecule has 0 aliphatic heterocycles. The van der Waals surface area contributed by atoms with E-state index in [0.29, 0.717) is 11.3 Å². The van der Waals surface area contributed by atoms with Crippen LogP contribution in [-0.2, 0) is 6.42 Å². The number of thioether (sulfide) groups is 1. The SMILES string of the molecule is CCNC1c2ccccc2CC1Sc1ncccn1. The van der Waals surface area contributed by atoms with Crippen molar-refractivity contribution in [1.29, 1.82) is 0 Å². The van der Waals surface area contributed by atoms with Gasteiger partial charge in [-0.25, -0.2) is 9.97 Å². The fraction of sp³-hybridized carbons (Fsp3) is 0.333. The highest BCUT2D eigenvalue weighted by molar-refractivity contribution is 7.99. The molecule has 1 aromatic heterocycles. The molecule has 0 bridgehead atoms. The molecule has 1 aliphatic rings. The van der Waals surface area contributed by atoms with Gasteiger partial charge in [-0.1, -0.05) is 43.0 Å². The zero-order chi connectivity index (χ0) is 13.1. The molecule has 1 heterocycles. The minimum Gasteiger partial charge on any atom is -0.309 e. The molecule has 19 heavy (non-hydrogen) atoms. The first-order chi connectivity index (χ1) is 9.38. The van der Waals surface area contributed by atoms with Crippen LogP contribution in [0.15, 0.2) is 47.9 Å². The van der Waals surface area contributed by atoms with Gasteiger partial charge in [-0.3, -0.25) is 0 Å². The van der Waals surface area contributed by atoms with E-state index in [0.717, 1.165) is 18.1 Å². The molecule has 0 fully saturated rings. The van der Waals surface area contributed by atoms with E-state index < -0.39 is 0 Å². The van der Waals surface area contributed by atoms with Crippen molar-refractivity contribution in [3.8, 4) is 0 Å². The minimum absolute atomic E-state index is 0.398. The summed E-state index contributed by atoms with van der Waals surface area (Å²) in [5, 5.41) is 4.93.